The van der Waals surface area contributed by atoms with Crippen molar-refractivity contribution >= 4 is 22.4 Å². The van der Waals surface area contributed by atoms with Gasteiger partial charge in [0.25, 0.3) is 0 Å². The van der Waals surface area contributed by atoms with E-state index in [0.29, 0.717) is 37.7 Å². The Balaban J connectivity index is 1.37. The summed E-state index contributed by atoms with van der Waals surface area (Å²) >= 11 is 1.59. The van der Waals surface area contributed by atoms with Gasteiger partial charge in [0.15, 0.2) is 5.82 Å². The molecule has 0 N–H and O–H groups in total. The van der Waals surface area contributed by atoms with Crippen molar-refractivity contribution in [2.24, 2.45) is 0 Å². The van der Waals surface area contributed by atoms with E-state index in [-0.39, 0.29) is 6.10 Å². The number of aryl methyl sites for hydroxylation is 2. The topological polar surface area (TPSA) is 91.8 Å². The standard InChI is InChI=1S/C18H20N6O2S/c1-3-25-12(2)18-19-13(11-27-18)10-17-20-16(22-26-17)8-9-24-15-7-5-4-6-14(15)21-23-24/h4-7,11-12H,3,8-10H2,1-2H3. The zero-order valence-electron chi connectivity index (χ0n) is 15.2. The van der Waals surface area contributed by atoms with E-state index >= 15 is 0 Å². The molecule has 0 spiro atoms. The van der Waals surface area contributed by atoms with Crippen molar-refractivity contribution in [3.63, 3.8) is 0 Å². The Morgan fingerprint density at radius 1 is 1.26 bits per heavy atom. The van der Waals surface area contributed by atoms with E-state index in [4.69, 9.17) is 9.26 Å². The highest BCUT2D eigenvalue weighted by Crippen LogP contribution is 2.22. The molecule has 0 fully saturated rings. The molecule has 0 saturated heterocycles. The van der Waals surface area contributed by atoms with E-state index in [0.717, 1.165) is 21.7 Å². The summed E-state index contributed by atoms with van der Waals surface area (Å²) in [6.07, 6.45) is 1.15. The van der Waals surface area contributed by atoms with E-state index in [1.54, 1.807) is 11.3 Å². The number of para-hydroxylation sites is 1. The van der Waals surface area contributed by atoms with E-state index in [2.05, 4.69) is 25.4 Å². The molecule has 4 rings (SSSR count). The summed E-state index contributed by atoms with van der Waals surface area (Å²) in [5.74, 6) is 1.22. The molecule has 3 aromatic heterocycles. The molecule has 9 heteroatoms. The van der Waals surface area contributed by atoms with Crippen LogP contribution in [0.15, 0.2) is 34.2 Å². The quantitative estimate of drug-likeness (QED) is 0.460. The van der Waals surface area contributed by atoms with Crippen LogP contribution in [0.2, 0.25) is 0 Å². The van der Waals surface area contributed by atoms with Gasteiger partial charge >= 0.3 is 0 Å². The van der Waals surface area contributed by atoms with Gasteiger partial charge in [-0.15, -0.1) is 16.4 Å². The molecule has 1 unspecified atom stereocenters. The molecule has 8 nitrogen and oxygen atoms in total. The molecule has 0 saturated carbocycles. The van der Waals surface area contributed by atoms with Gasteiger partial charge in [-0.25, -0.2) is 9.67 Å². The summed E-state index contributed by atoms with van der Waals surface area (Å²) in [5, 5.41) is 15.4. The van der Waals surface area contributed by atoms with Crippen molar-refractivity contribution in [3.05, 3.63) is 52.1 Å². The number of ether oxygens (including phenoxy) is 1. The van der Waals surface area contributed by atoms with E-state index < -0.39 is 0 Å². The lowest BCUT2D eigenvalue weighted by Gasteiger charge is -2.06. The summed E-state index contributed by atoms with van der Waals surface area (Å²) in [7, 11) is 0. The minimum absolute atomic E-state index is 0.00417. The first-order chi connectivity index (χ1) is 13.2. The smallest absolute Gasteiger partial charge is 0.232 e. The van der Waals surface area contributed by atoms with Crippen molar-refractivity contribution in [2.75, 3.05) is 6.61 Å². The Morgan fingerprint density at radius 3 is 3.04 bits per heavy atom. The van der Waals surface area contributed by atoms with Crippen LogP contribution in [0.1, 0.15) is 42.4 Å². The van der Waals surface area contributed by atoms with Crippen LogP contribution in [0.3, 0.4) is 0 Å². The first-order valence-corrected chi connectivity index (χ1v) is 9.76. The highest BCUT2D eigenvalue weighted by Gasteiger charge is 2.14. The molecule has 140 valence electrons. The Kier molecular flexibility index (Phi) is 5.21. The highest BCUT2D eigenvalue weighted by molar-refractivity contribution is 7.09. The third kappa shape index (κ3) is 4.04. The van der Waals surface area contributed by atoms with Crippen LogP contribution >= 0.6 is 11.3 Å². The number of aromatic nitrogens is 6. The molecule has 0 amide bonds. The molecule has 0 aliphatic heterocycles. The number of hydrogen-bond acceptors (Lipinski definition) is 8. The first kappa shape index (κ1) is 17.7. The van der Waals surface area contributed by atoms with Gasteiger partial charge < -0.3 is 9.26 Å². The van der Waals surface area contributed by atoms with E-state index in [9.17, 15) is 0 Å². The number of benzene rings is 1. The summed E-state index contributed by atoms with van der Waals surface area (Å²) in [4.78, 5) is 9.07. The minimum Gasteiger partial charge on any atom is -0.372 e. The second-order valence-electron chi connectivity index (χ2n) is 6.11. The molecule has 0 radical (unpaired) electrons. The van der Waals surface area contributed by atoms with E-state index in [1.165, 1.54) is 0 Å². The summed E-state index contributed by atoms with van der Waals surface area (Å²) in [5.41, 5.74) is 2.80. The third-order valence-electron chi connectivity index (χ3n) is 4.14. The lowest BCUT2D eigenvalue weighted by atomic mass is 10.3. The molecule has 1 atom stereocenters. The monoisotopic (exact) mass is 384 g/mol. The van der Waals surface area contributed by atoms with E-state index in [1.807, 2.05) is 48.2 Å². The first-order valence-electron chi connectivity index (χ1n) is 8.88. The zero-order chi connectivity index (χ0) is 18.6. The predicted octanol–water partition coefficient (Wildman–Crippen LogP) is 3.20. The second kappa shape index (κ2) is 7.93. The third-order valence-corrected chi connectivity index (χ3v) is 5.20. The maximum absolute atomic E-state index is 5.58. The number of rotatable bonds is 8. The molecule has 1 aromatic carbocycles. The van der Waals surface area contributed by atoms with Gasteiger partial charge in [0.05, 0.1) is 24.2 Å². The number of thiazole rings is 1. The molecular weight excluding hydrogens is 364 g/mol. The summed E-state index contributed by atoms with van der Waals surface area (Å²) in [6, 6.07) is 7.87. The Labute approximate surface area is 160 Å². The molecule has 27 heavy (non-hydrogen) atoms. The largest absolute Gasteiger partial charge is 0.372 e. The molecule has 4 aromatic rings. The fraction of sp³-hybridized carbons (Fsp3) is 0.389. The Hall–Kier alpha value is -2.65. The molecule has 0 aliphatic carbocycles. The molecule has 0 aliphatic rings. The van der Waals surface area contributed by atoms with Crippen LogP contribution < -0.4 is 0 Å². The lowest BCUT2D eigenvalue weighted by Crippen LogP contribution is -2.04. The van der Waals surface area contributed by atoms with Crippen LogP contribution in [0.5, 0.6) is 0 Å². The van der Waals surface area contributed by atoms with Crippen LogP contribution in [0.25, 0.3) is 11.0 Å². The number of nitrogens with zero attached hydrogens (tertiary/aromatic N) is 6. The van der Waals surface area contributed by atoms with Gasteiger partial charge in [-0.2, -0.15) is 4.98 Å². The maximum Gasteiger partial charge on any atom is 0.232 e. The average molecular weight is 384 g/mol. The fourth-order valence-corrected chi connectivity index (χ4v) is 3.64. The number of fused-ring (bicyclic) bond motifs is 1. The average Bonchev–Trinajstić information content (AvgIpc) is 3.40. The van der Waals surface area contributed by atoms with Crippen LogP contribution in [-0.4, -0.2) is 36.7 Å². The second-order valence-corrected chi connectivity index (χ2v) is 7.00. The molecule has 3 heterocycles. The highest BCUT2D eigenvalue weighted by atomic mass is 32.1. The van der Waals surface area contributed by atoms with Gasteiger partial charge in [0.1, 0.15) is 16.6 Å². The van der Waals surface area contributed by atoms with Gasteiger partial charge in [0.2, 0.25) is 5.89 Å². The van der Waals surface area contributed by atoms with Gasteiger partial charge in [0, 0.05) is 18.4 Å². The van der Waals surface area contributed by atoms with Gasteiger partial charge in [-0.3, -0.25) is 0 Å². The van der Waals surface area contributed by atoms with Crippen molar-refractivity contribution in [3.8, 4) is 0 Å². The SMILES string of the molecule is CCOC(C)c1nc(Cc2nc(CCn3nnc4ccccc43)no2)cs1. The van der Waals surface area contributed by atoms with Crippen LogP contribution in [0, 0.1) is 0 Å². The minimum atomic E-state index is 0.00417. The van der Waals surface area contributed by atoms with Crippen LogP contribution in [0.4, 0.5) is 0 Å². The van der Waals surface area contributed by atoms with Gasteiger partial charge in [-0.05, 0) is 26.0 Å². The van der Waals surface area contributed by atoms with Gasteiger partial charge in [-0.1, -0.05) is 22.5 Å². The maximum atomic E-state index is 5.58. The Morgan fingerprint density at radius 2 is 2.15 bits per heavy atom. The lowest BCUT2D eigenvalue weighted by molar-refractivity contribution is 0.0761. The zero-order valence-corrected chi connectivity index (χ0v) is 16.0. The molecular formula is C18H20N6O2S. The van der Waals surface area contributed by atoms with Crippen molar-refractivity contribution < 1.29 is 9.26 Å². The van der Waals surface area contributed by atoms with Crippen molar-refractivity contribution in [2.45, 2.75) is 39.3 Å². The number of hydrogen-bond donors (Lipinski definition) is 0. The van der Waals surface area contributed by atoms with Crippen LogP contribution in [-0.2, 0) is 24.1 Å². The summed E-state index contributed by atoms with van der Waals surface area (Å²) < 4.78 is 12.8. The Bertz CT molecular complexity index is 1020. The summed E-state index contributed by atoms with van der Waals surface area (Å²) in [6.45, 7) is 5.30. The van der Waals surface area contributed by atoms with Crippen molar-refractivity contribution in [1.82, 2.24) is 30.1 Å². The van der Waals surface area contributed by atoms with Crippen molar-refractivity contribution in [1.29, 1.82) is 0 Å². The predicted molar refractivity (Wildman–Crippen MR) is 100 cm³/mol. The molecule has 0 bridgehead atoms. The normalized spacial score (nSPS) is 12.7. The fourth-order valence-electron chi connectivity index (χ4n) is 2.82.